The Labute approximate surface area is 183 Å². The van der Waals surface area contributed by atoms with E-state index in [-0.39, 0.29) is 5.41 Å². The van der Waals surface area contributed by atoms with Crippen LogP contribution in [0, 0.1) is 17.8 Å². The highest BCUT2D eigenvalue weighted by atomic mass is 14.5. The van der Waals surface area contributed by atoms with E-state index < -0.39 is 0 Å². The fourth-order valence-corrected chi connectivity index (χ4v) is 6.39. The topological polar surface area (TPSA) is 52.0 Å². The standard InChI is InChI=1S/C28H40N2/c1-2-3-21-4-6-22(7-5-21)20-23-16-18-28(19-17-23,24-8-12-26(29)13-9-24)25-10-14-27(30)15-11-25/h8-15,21-23H,2-7,16-20,29-30H2,1H3. The number of benzene rings is 2. The van der Waals surface area contributed by atoms with Gasteiger partial charge in [0.05, 0.1) is 0 Å². The molecule has 0 unspecified atom stereocenters. The Morgan fingerprint density at radius 2 is 1.10 bits per heavy atom. The summed E-state index contributed by atoms with van der Waals surface area (Å²) < 4.78 is 0. The SMILES string of the molecule is CCCC1CCC(CC2CCC(c3ccc(N)cc3)(c3ccc(N)cc3)CC2)CC1. The Hall–Kier alpha value is -1.96. The van der Waals surface area contributed by atoms with Crippen LogP contribution in [-0.2, 0) is 5.41 Å². The Kier molecular flexibility index (Phi) is 6.71. The first-order valence-electron chi connectivity index (χ1n) is 12.3. The Morgan fingerprint density at radius 1 is 0.667 bits per heavy atom. The van der Waals surface area contributed by atoms with Crippen LogP contribution in [0.2, 0.25) is 0 Å². The minimum absolute atomic E-state index is 0.108. The molecule has 0 bridgehead atoms. The Balaban J connectivity index is 1.44. The predicted octanol–water partition coefficient (Wildman–Crippen LogP) is 7.32. The monoisotopic (exact) mass is 404 g/mol. The molecule has 162 valence electrons. The maximum atomic E-state index is 6.00. The summed E-state index contributed by atoms with van der Waals surface area (Å²) in [4.78, 5) is 0. The average molecular weight is 405 g/mol. The van der Waals surface area contributed by atoms with Crippen molar-refractivity contribution in [3.8, 4) is 0 Å². The van der Waals surface area contributed by atoms with Crippen molar-refractivity contribution in [2.24, 2.45) is 17.8 Å². The molecule has 0 amide bonds. The van der Waals surface area contributed by atoms with E-state index in [1.165, 1.54) is 81.8 Å². The highest BCUT2D eigenvalue weighted by Crippen LogP contribution is 2.49. The summed E-state index contributed by atoms with van der Waals surface area (Å²) in [5.41, 5.74) is 16.6. The van der Waals surface area contributed by atoms with Crippen molar-refractivity contribution in [2.75, 3.05) is 11.5 Å². The van der Waals surface area contributed by atoms with Gasteiger partial charge in [0.25, 0.3) is 0 Å². The third-order valence-corrected chi connectivity index (χ3v) is 8.22. The van der Waals surface area contributed by atoms with Crippen LogP contribution in [0.3, 0.4) is 0 Å². The molecular formula is C28H40N2. The third-order valence-electron chi connectivity index (χ3n) is 8.22. The smallest absolute Gasteiger partial charge is 0.0314 e. The van der Waals surface area contributed by atoms with Crippen LogP contribution in [0.25, 0.3) is 0 Å². The van der Waals surface area contributed by atoms with E-state index in [0.717, 1.165) is 29.1 Å². The first-order valence-corrected chi connectivity index (χ1v) is 12.3. The van der Waals surface area contributed by atoms with Crippen molar-refractivity contribution >= 4 is 11.4 Å². The molecule has 2 aliphatic carbocycles. The zero-order valence-corrected chi connectivity index (χ0v) is 18.8. The first kappa shape index (κ1) is 21.3. The third kappa shape index (κ3) is 4.68. The maximum Gasteiger partial charge on any atom is 0.0314 e. The van der Waals surface area contributed by atoms with Crippen molar-refractivity contribution in [1.82, 2.24) is 0 Å². The van der Waals surface area contributed by atoms with Crippen LogP contribution in [0.5, 0.6) is 0 Å². The highest BCUT2D eigenvalue weighted by Gasteiger charge is 2.39. The molecule has 2 heteroatoms. The van der Waals surface area contributed by atoms with Crippen molar-refractivity contribution in [3.05, 3.63) is 59.7 Å². The van der Waals surface area contributed by atoms with E-state index in [4.69, 9.17) is 11.5 Å². The lowest BCUT2D eigenvalue weighted by Crippen LogP contribution is -2.34. The molecule has 2 aromatic rings. The minimum Gasteiger partial charge on any atom is -0.399 e. The minimum atomic E-state index is 0.108. The largest absolute Gasteiger partial charge is 0.399 e. The summed E-state index contributed by atoms with van der Waals surface area (Å²) >= 11 is 0. The first-order chi connectivity index (χ1) is 14.6. The number of nitrogen functional groups attached to an aromatic ring is 2. The summed E-state index contributed by atoms with van der Waals surface area (Å²) in [6.45, 7) is 2.34. The lowest BCUT2D eigenvalue weighted by molar-refractivity contribution is 0.185. The van der Waals surface area contributed by atoms with Crippen LogP contribution in [0.1, 0.15) is 88.7 Å². The second kappa shape index (κ2) is 9.45. The normalized spacial score (nSPS) is 24.6. The summed E-state index contributed by atoms with van der Waals surface area (Å²) in [6, 6.07) is 17.3. The molecule has 2 fully saturated rings. The summed E-state index contributed by atoms with van der Waals surface area (Å²) in [5, 5.41) is 0. The van der Waals surface area contributed by atoms with Crippen LogP contribution in [0.4, 0.5) is 11.4 Å². The fourth-order valence-electron chi connectivity index (χ4n) is 6.39. The summed E-state index contributed by atoms with van der Waals surface area (Å²) in [5.74, 6) is 2.89. The number of anilines is 2. The van der Waals surface area contributed by atoms with E-state index in [9.17, 15) is 0 Å². The number of hydrogen-bond acceptors (Lipinski definition) is 2. The van der Waals surface area contributed by atoms with Gasteiger partial charge in [0.15, 0.2) is 0 Å². The lowest BCUT2D eigenvalue weighted by Gasteiger charge is -2.42. The van der Waals surface area contributed by atoms with E-state index in [2.05, 4.69) is 55.5 Å². The van der Waals surface area contributed by atoms with Crippen molar-refractivity contribution in [1.29, 1.82) is 0 Å². The van der Waals surface area contributed by atoms with Crippen LogP contribution in [0.15, 0.2) is 48.5 Å². The molecule has 0 atom stereocenters. The molecule has 4 N–H and O–H groups in total. The quantitative estimate of drug-likeness (QED) is 0.495. The molecule has 0 aliphatic heterocycles. The number of nitrogens with two attached hydrogens (primary N) is 2. The van der Waals surface area contributed by atoms with E-state index in [0.29, 0.717) is 0 Å². The van der Waals surface area contributed by atoms with Gasteiger partial charge < -0.3 is 11.5 Å². The Bertz CT molecular complexity index is 729. The van der Waals surface area contributed by atoms with Crippen LogP contribution < -0.4 is 11.5 Å². The van der Waals surface area contributed by atoms with E-state index in [1.54, 1.807) is 0 Å². The number of rotatable bonds is 6. The second-order valence-corrected chi connectivity index (χ2v) is 10.2. The molecule has 2 saturated carbocycles. The predicted molar refractivity (Wildman–Crippen MR) is 129 cm³/mol. The molecule has 0 spiro atoms. The molecule has 2 nitrogen and oxygen atoms in total. The molecule has 0 heterocycles. The molecular weight excluding hydrogens is 364 g/mol. The zero-order valence-electron chi connectivity index (χ0n) is 18.8. The van der Waals surface area contributed by atoms with Gasteiger partial charge in [-0.1, -0.05) is 69.7 Å². The summed E-state index contributed by atoms with van der Waals surface area (Å²) in [6.07, 6.45) is 15.3. The van der Waals surface area contributed by atoms with Gasteiger partial charge in [0, 0.05) is 16.8 Å². The molecule has 0 radical (unpaired) electrons. The van der Waals surface area contributed by atoms with Gasteiger partial charge in [-0.2, -0.15) is 0 Å². The van der Waals surface area contributed by atoms with Gasteiger partial charge in [0.1, 0.15) is 0 Å². The molecule has 2 aromatic carbocycles. The van der Waals surface area contributed by atoms with Crippen LogP contribution >= 0.6 is 0 Å². The fraction of sp³-hybridized carbons (Fsp3) is 0.571. The van der Waals surface area contributed by atoms with Crippen molar-refractivity contribution in [2.45, 2.75) is 83.0 Å². The van der Waals surface area contributed by atoms with Crippen molar-refractivity contribution < 1.29 is 0 Å². The molecule has 0 saturated heterocycles. The second-order valence-electron chi connectivity index (χ2n) is 10.2. The van der Waals surface area contributed by atoms with Crippen molar-refractivity contribution in [3.63, 3.8) is 0 Å². The van der Waals surface area contributed by atoms with E-state index >= 15 is 0 Å². The van der Waals surface area contributed by atoms with Gasteiger partial charge in [-0.05, 0) is 85.3 Å². The van der Waals surface area contributed by atoms with Gasteiger partial charge in [-0.3, -0.25) is 0 Å². The highest BCUT2D eigenvalue weighted by molar-refractivity contribution is 5.49. The molecule has 30 heavy (non-hydrogen) atoms. The van der Waals surface area contributed by atoms with E-state index in [1.807, 2.05) is 0 Å². The lowest BCUT2D eigenvalue weighted by atomic mass is 9.61. The molecule has 2 aliphatic rings. The maximum absolute atomic E-state index is 6.00. The van der Waals surface area contributed by atoms with Gasteiger partial charge in [-0.25, -0.2) is 0 Å². The molecule has 4 rings (SSSR count). The summed E-state index contributed by atoms with van der Waals surface area (Å²) in [7, 11) is 0. The van der Waals surface area contributed by atoms with Crippen LogP contribution in [-0.4, -0.2) is 0 Å². The average Bonchev–Trinajstić information content (AvgIpc) is 2.77. The Morgan fingerprint density at radius 3 is 1.57 bits per heavy atom. The van der Waals surface area contributed by atoms with Gasteiger partial charge >= 0.3 is 0 Å². The molecule has 0 aromatic heterocycles. The van der Waals surface area contributed by atoms with Gasteiger partial charge in [-0.15, -0.1) is 0 Å². The number of hydrogen-bond donors (Lipinski definition) is 2. The van der Waals surface area contributed by atoms with Gasteiger partial charge in [0.2, 0.25) is 0 Å². The zero-order chi connectivity index (χ0) is 21.0.